The lowest BCUT2D eigenvalue weighted by molar-refractivity contribution is -0.141. The Morgan fingerprint density at radius 2 is 1.69 bits per heavy atom. The number of sulfonamides is 1. The summed E-state index contributed by atoms with van der Waals surface area (Å²) in [4.78, 5) is 25.9. The molecule has 1 aliphatic rings. The van der Waals surface area contributed by atoms with Crippen LogP contribution < -0.4 is 10.1 Å². The van der Waals surface area contributed by atoms with E-state index >= 15 is 0 Å². The fourth-order valence-corrected chi connectivity index (χ4v) is 5.77. The summed E-state index contributed by atoms with van der Waals surface area (Å²) in [6.07, 6.45) is 1.65. The predicted octanol–water partition coefficient (Wildman–Crippen LogP) is 3.75. The Hall–Kier alpha value is -3.99. The number of hydrogen-bond acceptors (Lipinski definition) is 7. The van der Waals surface area contributed by atoms with Gasteiger partial charge in [0.1, 0.15) is 5.75 Å². The van der Waals surface area contributed by atoms with Crippen LogP contribution in [0.2, 0.25) is 0 Å². The summed E-state index contributed by atoms with van der Waals surface area (Å²) in [5.74, 6) is -0.716. The number of para-hydroxylation sites is 1. The van der Waals surface area contributed by atoms with E-state index in [-0.39, 0.29) is 29.2 Å². The van der Waals surface area contributed by atoms with Crippen LogP contribution in [0.4, 0.5) is 5.69 Å². The number of carbonyl (C=O) groups excluding carboxylic acids is 2. The number of benzene rings is 3. The first-order chi connectivity index (χ1) is 18.8. The third-order valence-electron chi connectivity index (χ3n) is 6.14. The molecule has 1 heterocycles. The fraction of sp³-hybridized carbons (Fsp3) is 0.241. The molecule has 1 saturated heterocycles. The zero-order chi connectivity index (χ0) is 27.8. The van der Waals surface area contributed by atoms with Crippen LogP contribution in [0, 0.1) is 6.92 Å². The highest BCUT2D eigenvalue weighted by Gasteiger charge is 2.28. The summed E-state index contributed by atoms with van der Waals surface area (Å²) in [7, 11) is -2.21. The van der Waals surface area contributed by atoms with Gasteiger partial charge in [-0.3, -0.25) is 4.79 Å². The molecular formula is C29H30N2O7S. The number of esters is 1. The van der Waals surface area contributed by atoms with Gasteiger partial charge in [0.25, 0.3) is 5.91 Å². The van der Waals surface area contributed by atoms with Crippen molar-refractivity contribution in [2.24, 2.45) is 0 Å². The van der Waals surface area contributed by atoms with Gasteiger partial charge in [-0.15, -0.1) is 0 Å². The maximum Gasteiger partial charge on any atom is 0.339 e. The Morgan fingerprint density at radius 3 is 2.41 bits per heavy atom. The van der Waals surface area contributed by atoms with Crippen LogP contribution in [0.5, 0.6) is 5.75 Å². The zero-order valence-electron chi connectivity index (χ0n) is 21.8. The Kier molecular flexibility index (Phi) is 9.13. The molecule has 1 N–H and O–H groups in total. The van der Waals surface area contributed by atoms with Crippen molar-refractivity contribution < 1.29 is 32.2 Å². The Bertz CT molecular complexity index is 1460. The molecule has 9 nitrogen and oxygen atoms in total. The second-order valence-electron chi connectivity index (χ2n) is 8.79. The van der Waals surface area contributed by atoms with Crippen molar-refractivity contribution in [2.75, 3.05) is 45.3 Å². The minimum Gasteiger partial charge on any atom is -0.496 e. The molecule has 1 fully saturated rings. The maximum absolute atomic E-state index is 13.1. The summed E-state index contributed by atoms with van der Waals surface area (Å²) in [5.41, 5.74) is 2.38. The lowest BCUT2D eigenvalue weighted by Crippen LogP contribution is -2.40. The molecule has 0 bridgehead atoms. The number of hydrogen-bond donors (Lipinski definition) is 1. The highest BCUT2D eigenvalue weighted by Crippen LogP contribution is 2.26. The Morgan fingerprint density at radius 1 is 1.00 bits per heavy atom. The minimum absolute atomic E-state index is 0.102. The molecule has 0 atom stereocenters. The second-order valence-corrected chi connectivity index (χ2v) is 10.7. The highest BCUT2D eigenvalue weighted by atomic mass is 32.2. The molecule has 0 aliphatic carbocycles. The summed E-state index contributed by atoms with van der Waals surface area (Å²) in [6.45, 7) is 2.32. The number of anilines is 1. The summed E-state index contributed by atoms with van der Waals surface area (Å²) < 4.78 is 43.7. The number of ether oxygens (including phenoxy) is 3. The van der Waals surface area contributed by atoms with Crippen molar-refractivity contribution in [1.82, 2.24) is 4.31 Å². The molecule has 0 unspecified atom stereocenters. The van der Waals surface area contributed by atoms with Gasteiger partial charge in [0.2, 0.25) is 10.0 Å². The average molecular weight is 551 g/mol. The first kappa shape index (κ1) is 28.0. The van der Waals surface area contributed by atoms with Crippen molar-refractivity contribution in [3.05, 3.63) is 89.5 Å². The van der Waals surface area contributed by atoms with E-state index in [2.05, 4.69) is 5.32 Å². The van der Waals surface area contributed by atoms with E-state index in [1.807, 2.05) is 24.3 Å². The number of nitrogens with one attached hydrogen (secondary N) is 1. The smallest absolute Gasteiger partial charge is 0.339 e. The molecule has 1 amide bonds. The van der Waals surface area contributed by atoms with Gasteiger partial charge < -0.3 is 19.5 Å². The van der Waals surface area contributed by atoms with Crippen molar-refractivity contribution in [3.63, 3.8) is 0 Å². The standard InChI is InChI=1S/C29H30N2O7S/c1-21-12-13-24(19-27(21)39(34,35)31-14-16-37-17-15-31)30-28(32)20-38-29(33)25(22-8-4-3-5-9-22)18-23-10-6-7-11-26(23)36-2/h3-13,18-19H,14-17,20H2,1-2H3,(H,30,32)/b25-18+. The highest BCUT2D eigenvalue weighted by molar-refractivity contribution is 7.89. The summed E-state index contributed by atoms with van der Waals surface area (Å²) in [6, 6.07) is 20.8. The summed E-state index contributed by atoms with van der Waals surface area (Å²) >= 11 is 0. The molecule has 0 spiro atoms. The van der Waals surface area contributed by atoms with Crippen molar-refractivity contribution >= 4 is 39.2 Å². The van der Waals surface area contributed by atoms with E-state index in [1.54, 1.807) is 62.6 Å². The van der Waals surface area contributed by atoms with Gasteiger partial charge in [-0.05, 0) is 42.3 Å². The van der Waals surface area contributed by atoms with E-state index < -0.39 is 28.5 Å². The Balaban J connectivity index is 1.48. The van der Waals surface area contributed by atoms with Gasteiger partial charge in [-0.1, -0.05) is 54.6 Å². The van der Waals surface area contributed by atoms with Gasteiger partial charge in [-0.25, -0.2) is 13.2 Å². The van der Waals surface area contributed by atoms with E-state index in [0.717, 1.165) is 0 Å². The number of methoxy groups -OCH3 is 1. The first-order valence-electron chi connectivity index (χ1n) is 12.4. The normalized spacial score (nSPS) is 14.5. The van der Waals surface area contributed by atoms with Crippen LogP contribution in [-0.4, -0.2) is 64.6 Å². The molecule has 0 radical (unpaired) electrons. The first-order valence-corrected chi connectivity index (χ1v) is 13.8. The lowest BCUT2D eigenvalue weighted by atomic mass is 10.0. The third kappa shape index (κ3) is 6.91. The van der Waals surface area contributed by atoms with E-state index in [0.29, 0.717) is 35.7 Å². The topological polar surface area (TPSA) is 111 Å². The molecule has 39 heavy (non-hydrogen) atoms. The van der Waals surface area contributed by atoms with Crippen molar-refractivity contribution in [3.8, 4) is 5.75 Å². The Labute approximate surface area is 228 Å². The fourth-order valence-electron chi connectivity index (χ4n) is 4.11. The second kappa shape index (κ2) is 12.7. The number of morpholine rings is 1. The average Bonchev–Trinajstić information content (AvgIpc) is 2.96. The molecule has 0 aromatic heterocycles. The molecule has 3 aromatic carbocycles. The maximum atomic E-state index is 13.1. The number of nitrogens with zero attached hydrogens (tertiary/aromatic N) is 1. The van der Waals surface area contributed by atoms with Crippen LogP contribution in [0.25, 0.3) is 11.6 Å². The van der Waals surface area contributed by atoms with Crippen molar-refractivity contribution in [1.29, 1.82) is 0 Å². The van der Waals surface area contributed by atoms with E-state index in [1.165, 1.54) is 10.4 Å². The zero-order valence-corrected chi connectivity index (χ0v) is 22.6. The van der Waals surface area contributed by atoms with E-state index in [9.17, 15) is 18.0 Å². The van der Waals surface area contributed by atoms with Gasteiger partial charge in [0.15, 0.2) is 6.61 Å². The number of aryl methyl sites for hydroxylation is 1. The monoisotopic (exact) mass is 550 g/mol. The minimum atomic E-state index is -3.76. The van der Waals surface area contributed by atoms with Crippen LogP contribution >= 0.6 is 0 Å². The predicted molar refractivity (Wildman–Crippen MR) is 148 cm³/mol. The molecule has 4 rings (SSSR count). The SMILES string of the molecule is COc1ccccc1/C=C(/C(=O)OCC(=O)Nc1ccc(C)c(S(=O)(=O)N2CCOCC2)c1)c1ccccc1. The molecular weight excluding hydrogens is 520 g/mol. The van der Waals surface area contributed by atoms with Crippen LogP contribution in [-0.2, 0) is 29.1 Å². The number of rotatable bonds is 9. The molecule has 3 aromatic rings. The quantitative estimate of drug-likeness (QED) is 0.245. The molecule has 1 aliphatic heterocycles. The molecule has 0 saturated carbocycles. The number of amides is 1. The van der Waals surface area contributed by atoms with E-state index in [4.69, 9.17) is 14.2 Å². The largest absolute Gasteiger partial charge is 0.496 e. The third-order valence-corrected chi connectivity index (χ3v) is 8.18. The summed E-state index contributed by atoms with van der Waals surface area (Å²) in [5, 5.41) is 2.62. The molecule has 10 heteroatoms. The van der Waals surface area contributed by atoms with Crippen molar-refractivity contribution in [2.45, 2.75) is 11.8 Å². The van der Waals surface area contributed by atoms with Gasteiger partial charge in [-0.2, -0.15) is 4.31 Å². The molecule has 204 valence electrons. The lowest BCUT2D eigenvalue weighted by Gasteiger charge is -2.26. The van der Waals surface area contributed by atoms with Gasteiger partial charge >= 0.3 is 5.97 Å². The van der Waals surface area contributed by atoms with Gasteiger partial charge in [0.05, 0.1) is 30.8 Å². The van der Waals surface area contributed by atoms with Gasteiger partial charge in [0, 0.05) is 24.3 Å². The van der Waals surface area contributed by atoms with Crippen LogP contribution in [0.15, 0.2) is 77.7 Å². The number of carbonyl (C=O) groups is 2. The van der Waals surface area contributed by atoms with Crippen LogP contribution in [0.3, 0.4) is 0 Å². The van der Waals surface area contributed by atoms with Crippen LogP contribution in [0.1, 0.15) is 16.7 Å².